The predicted molar refractivity (Wildman–Crippen MR) is 125 cm³/mol. The summed E-state index contributed by atoms with van der Waals surface area (Å²) in [6.07, 6.45) is 7.28. The van der Waals surface area contributed by atoms with Gasteiger partial charge < -0.3 is 24.8 Å². The summed E-state index contributed by atoms with van der Waals surface area (Å²) >= 11 is 0. The predicted octanol–water partition coefficient (Wildman–Crippen LogP) is 3.39. The Morgan fingerprint density at radius 1 is 1.04 bits per heavy atom. The third-order valence-corrected chi connectivity index (χ3v) is 4.65. The largest absolute Gasteiger partial charge is 0.490 e. The Morgan fingerprint density at radius 2 is 1.75 bits per heavy atom. The Morgan fingerprint density at radius 3 is 2.43 bits per heavy atom. The van der Waals surface area contributed by atoms with E-state index in [1.165, 1.54) is 31.2 Å². The second kappa shape index (κ2) is 15.8. The Kier molecular flexibility index (Phi) is 14.1. The summed E-state index contributed by atoms with van der Waals surface area (Å²) in [5.41, 5.74) is 1.29. The van der Waals surface area contributed by atoms with Crippen molar-refractivity contribution in [3.8, 4) is 5.75 Å². The lowest BCUT2D eigenvalue weighted by molar-refractivity contribution is 0.0698. The standard InChI is InChI=1S/C21H35N3O3.HI/c1-22-21(23-13-5-15-26-17-16-25-2)24-14-12-18-8-10-20(11-9-18)27-19-6-3-4-7-19;/h8-11,19H,3-7,12-17H2,1-2H3,(H2,22,23,24);1H. The fraction of sp³-hybridized carbons (Fsp3) is 0.667. The number of nitrogens with zero attached hydrogens (tertiary/aromatic N) is 1. The zero-order valence-corrected chi connectivity index (χ0v) is 19.6. The van der Waals surface area contributed by atoms with E-state index in [2.05, 4.69) is 39.9 Å². The molecule has 0 radical (unpaired) electrons. The molecule has 0 amide bonds. The normalized spacial score (nSPS) is 14.6. The number of guanidine groups is 1. The third-order valence-electron chi connectivity index (χ3n) is 4.65. The molecule has 1 aliphatic carbocycles. The van der Waals surface area contributed by atoms with Crippen molar-refractivity contribution >= 4 is 29.9 Å². The first-order valence-electron chi connectivity index (χ1n) is 10.1. The van der Waals surface area contributed by atoms with Crippen LogP contribution >= 0.6 is 24.0 Å². The smallest absolute Gasteiger partial charge is 0.190 e. The van der Waals surface area contributed by atoms with Gasteiger partial charge >= 0.3 is 0 Å². The molecule has 1 fully saturated rings. The Balaban J connectivity index is 0.00000392. The number of benzene rings is 1. The third kappa shape index (κ3) is 10.5. The molecule has 6 nitrogen and oxygen atoms in total. The van der Waals surface area contributed by atoms with Gasteiger partial charge in [-0.05, 0) is 56.2 Å². The highest BCUT2D eigenvalue weighted by Crippen LogP contribution is 2.24. The average molecular weight is 505 g/mol. The number of hydrogen-bond acceptors (Lipinski definition) is 4. The van der Waals surface area contributed by atoms with Crippen LogP contribution in [0.1, 0.15) is 37.7 Å². The number of aliphatic imine (C=N–C) groups is 1. The van der Waals surface area contributed by atoms with Gasteiger partial charge in [-0.3, -0.25) is 4.99 Å². The topological polar surface area (TPSA) is 64.1 Å². The van der Waals surface area contributed by atoms with Gasteiger partial charge in [-0.2, -0.15) is 0 Å². The summed E-state index contributed by atoms with van der Waals surface area (Å²) in [6.45, 7) is 3.69. The molecule has 0 bridgehead atoms. The molecule has 7 heteroatoms. The van der Waals surface area contributed by atoms with Crippen LogP contribution in [0.4, 0.5) is 0 Å². The van der Waals surface area contributed by atoms with Crippen molar-refractivity contribution in [2.24, 2.45) is 4.99 Å². The summed E-state index contributed by atoms with van der Waals surface area (Å²) in [5, 5.41) is 6.65. The van der Waals surface area contributed by atoms with Crippen LogP contribution in [0.25, 0.3) is 0 Å². The molecule has 1 aliphatic rings. The number of ether oxygens (including phenoxy) is 3. The molecule has 0 spiro atoms. The van der Waals surface area contributed by atoms with Crippen LogP contribution in [0.15, 0.2) is 29.3 Å². The lowest BCUT2D eigenvalue weighted by Crippen LogP contribution is -2.39. The van der Waals surface area contributed by atoms with Crippen LogP contribution in [0.3, 0.4) is 0 Å². The minimum absolute atomic E-state index is 0. The highest BCUT2D eigenvalue weighted by Gasteiger charge is 2.16. The van der Waals surface area contributed by atoms with Crippen molar-refractivity contribution in [2.75, 3.05) is 47.1 Å². The van der Waals surface area contributed by atoms with Crippen molar-refractivity contribution in [3.05, 3.63) is 29.8 Å². The summed E-state index contributed by atoms with van der Waals surface area (Å²) in [4.78, 5) is 4.25. The zero-order chi connectivity index (χ0) is 19.2. The van der Waals surface area contributed by atoms with Crippen molar-refractivity contribution in [1.29, 1.82) is 0 Å². The maximum atomic E-state index is 6.01. The maximum Gasteiger partial charge on any atom is 0.190 e. The monoisotopic (exact) mass is 505 g/mol. The second-order valence-corrected chi connectivity index (χ2v) is 6.80. The Hall–Kier alpha value is -1.06. The van der Waals surface area contributed by atoms with Gasteiger partial charge in [-0.15, -0.1) is 24.0 Å². The van der Waals surface area contributed by atoms with Gasteiger partial charge in [0.15, 0.2) is 5.96 Å². The van der Waals surface area contributed by atoms with Gasteiger partial charge in [0.25, 0.3) is 0 Å². The van der Waals surface area contributed by atoms with Crippen molar-refractivity contribution < 1.29 is 14.2 Å². The molecule has 0 heterocycles. The van der Waals surface area contributed by atoms with Crippen LogP contribution in [0.2, 0.25) is 0 Å². The number of rotatable bonds is 12. The van der Waals surface area contributed by atoms with Crippen LogP contribution in [0.5, 0.6) is 5.75 Å². The van der Waals surface area contributed by atoms with Crippen LogP contribution in [-0.4, -0.2) is 59.1 Å². The summed E-state index contributed by atoms with van der Waals surface area (Å²) in [7, 11) is 3.47. The first-order chi connectivity index (χ1) is 13.3. The van der Waals surface area contributed by atoms with E-state index < -0.39 is 0 Å². The quantitative estimate of drug-likeness (QED) is 0.197. The van der Waals surface area contributed by atoms with E-state index in [4.69, 9.17) is 14.2 Å². The van der Waals surface area contributed by atoms with Crippen molar-refractivity contribution in [2.45, 2.75) is 44.6 Å². The highest BCUT2D eigenvalue weighted by atomic mass is 127. The average Bonchev–Trinajstić information content (AvgIpc) is 3.20. The Bertz CT molecular complexity index is 534. The minimum atomic E-state index is 0. The van der Waals surface area contributed by atoms with Crippen LogP contribution < -0.4 is 15.4 Å². The SMILES string of the molecule is CN=C(NCCCOCCOC)NCCc1ccc(OC2CCCC2)cc1.I. The summed E-state index contributed by atoms with van der Waals surface area (Å²) in [6, 6.07) is 8.48. The lowest BCUT2D eigenvalue weighted by Gasteiger charge is -2.14. The minimum Gasteiger partial charge on any atom is -0.490 e. The van der Waals surface area contributed by atoms with Crippen molar-refractivity contribution in [1.82, 2.24) is 10.6 Å². The van der Waals surface area contributed by atoms with E-state index in [0.29, 0.717) is 19.3 Å². The number of halogens is 1. The molecule has 28 heavy (non-hydrogen) atoms. The molecule has 0 atom stereocenters. The van der Waals surface area contributed by atoms with Crippen LogP contribution in [0, 0.1) is 0 Å². The molecular formula is C21H36IN3O3. The maximum absolute atomic E-state index is 6.01. The Labute approximate surface area is 186 Å². The molecule has 1 aromatic rings. The number of hydrogen-bond donors (Lipinski definition) is 2. The molecule has 0 unspecified atom stereocenters. The van der Waals surface area contributed by atoms with E-state index >= 15 is 0 Å². The fourth-order valence-electron chi connectivity index (χ4n) is 3.10. The highest BCUT2D eigenvalue weighted by molar-refractivity contribution is 14.0. The van der Waals surface area contributed by atoms with E-state index in [1.807, 2.05) is 0 Å². The van der Waals surface area contributed by atoms with E-state index in [0.717, 1.165) is 44.2 Å². The number of methoxy groups -OCH3 is 1. The van der Waals surface area contributed by atoms with Crippen LogP contribution in [-0.2, 0) is 15.9 Å². The summed E-state index contributed by atoms with van der Waals surface area (Å²) in [5.74, 6) is 1.82. The van der Waals surface area contributed by atoms with Gasteiger partial charge in [-0.1, -0.05) is 12.1 Å². The van der Waals surface area contributed by atoms with Gasteiger partial charge in [0.05, 0.1) is 19.3 Å². The molecule has 0 aliphatic heterocycles. The van der Waals surface area contributed by atoms with E-state index in [9.17, 15) is 0 Å². The zero-order valence-electron chi connectivity index (χ0n) is 17.2. The fourth-order valence-corrected chi connectivity index (χ4v) is 3.10. The molecule has 1 aromatic carbocycles. The first-order valence-corrected chi connectivity index (χ1v) is 10.1. The molecule has 2 rings (SSSR count). The second-order valence-electron chi connectivity index (χ2n) is 6.80. The first kappa shape index (κ1) is 25.0. The molecule has 160 valence electrons. The lowest BCUT2D eigenvalue weighted by atomic mass is 10.1. The van der Waals surface area contributed by atoms with Gasteiger partial charge in [-0.25, -0.2) is 0 Å². The summed E-state index contributed by atoms with van der Waals surface area (Å²) < 4.78 is 16.4. The molecule has 1 saturated carbocycles. The molecule has 0 aromatic heterocycles. The van der Waals surface area contributed by atoms with E-state index in [1.54, 1.807) is 14.2 Å². The molecule has 2 N–H and O–H groups in total. The van der Waals surface area contributed by atoms with E-state index in [-0.39, 0.29) is 24.0 Å². The van der Waals surface area contributed by atoms with Gasteiger partial charge in [0.1, 0.15) is 5.75 Å². The van der Waals surface area contributed by atoms with Crippen molar-refractivity contribution in [3.63, 3.8) is 0 Å². The molecule has 0 saturated heterocycles. The number of nitrogens with one attached hydrogen (secondary N) is 2. The van der Waals surface area contributed by atoms with Gasteiger partial charge in [0, 0.05) is 33.9 Å². The van der Waals surface area contributed by atoms with Gasteiger partial charge in [0.2, 0.25) is 0 Å². The molecular weight excluding hydrogens is 469 g/mol.